The first-order valence-corrected chi connectivity index (χ1v) is 7.62. The van der Waals surface area contributed by atoms with Crippen molar-refractivity contribution in [3.63, 3.8) is 0 Å². The van der Waals surface area contributed by atoms with Crippen molar-refractivity contribution >= 4 is 38.8 Å². The third-order valence-corrected chi connectivity index (χ3v) is 5.45. The van der Waals surface area contributed by atoms with Crippen LogP contribution in [0, 0.1) is 0 Å². The fourth-order valence-electron chi connectivity index (χ4n) is 1.36. The maximum atomic E-state index is 12.4. The lowest BCUT2D eigenvalue weighted by Gasteiger charge is -2.23. The van der Waals surface area contributed by atoms with E-state index in [2.05, 4.69) is 0 Å². The molecule has 0 aromatic heterocycles. The average Bonchev–Trinajstić information content (AvgIpc) is 2.36. The Labute approximate surface area is 123 Å². The normalized spacial score (nSPS) is 13.5. The van der Waals surface area contributed by atoms with Crippen molar-refractivity contribution in [2.24, 2.45) is 5.73 Å². The molecular formula is C11H15ClN2O3S2. The van der Waals surface area contributed by atoms with Crippen molar-refractivity contribution in [3.8, 4) is 0 Å². The Hall–Kier alpha value is -0.730. The summed E-state index contributed by atoms with van der Waals surface area (Å²) in [6, 6.07) is 3.76. The van der Waals surface area contributed by atoms with Crippen LogP contribution >= 0.6 is 23.8 Å². The van der Waals surface area contributed by atoms with Crippen LogP contribution in [0.1, 0.15) is 12.5 Å². The van der Waals surface area contributed by atoms with Gasteiger partial charge in [0.25, 0.3) is 0 Å². The summed E-state index contributed by atoms with van der Waals surface area (Å²) < 4.78 is 25.8. The van der Waals surface area contributed by atoms with Gasteiger partial charge < -0.3 is 10.8 Å². The monoisotopic (exact) mass is 322 g/mol. The molecule has 106 valence electrons. The Balaban J connectivity index is 3.36. The molecule has 1 aromatic rings. The van der Waals surface area contributed by atoms with Gasteiger partial charge in [0.05, 0.1) is 11.6 Å². The quantitative estimate of drug-likeness (QED) is 0.789. The molecule has 0 bridgehead atoms. The second kappa shape index (κ2) is 6.15. The number of nitrogens with zero attached hydrogens (tertiary/aromatic N) is 1. The molecule has 5 nitrogen and oxygen atoms in total. The molecule has 0 heterocycles. The molecule has 0 amide bonds. The van der Waals surface area contributed by atoms with Crippen molar-refractivity contribution in [1.29, 1.82) is 0 Å². The lowest BCUT2D eigenvalue weighted by molar-refractivity contribution is 0.214. The van der Waals surface area contributed by atoms with E-state index in [-0.39, 0.29) is 21.5 Å². The maximum Gasteiger partial charge on any atom is 0.244 e. The van der Waals surface area contributed by atoms with E-state index in [1.54, 1.807) is 13.0 Å². The molecule has 1 aromatic carbocycles. The first-order chi connectivity index (χ1) is 8.71. The lowest BCUT2D eigenvalue weighted by Crippen LogP contribution is -2.37. The number of sulfonamides is 1. The topological polar surface area (TPSA) is 83.6 Å². The highest BCUT2D eigenvalue weighted by atomic mass is 35.5. The second-order valence-corrected chi connectivity index (χ2v) is 6.88. The van der Waals surface area contributed by atoms with Crippen molar-refractivity contribution in [1.82, 2.24) is 4.31 Å². The number of hydrogen-bond acceptors (Lipinski definition) is 4. The third-order valence-electron chi connectivity index (χ3n) is 2.76. The number of rotatable bonds is 5. The summed E-state index contributed by atoms with van der Waals surface area (Å²) in [5, 5.41) is 9.13. The lowest BCUT2D eigenvalue weighted by atomic mass is 10.2. The number of nitrogens with two attached hydrogens (primary N) is 1. The number of aliphatic hydroxyl groups is 1. The second-order valence-electron chi connectivity index (χ2n) is 4.06. The van der Waals surface area contributed by atoms with Gasteiger partial charge in [0.1, 0.15) is 9.88 Å². The SMILES string of the molecule is CC(CO)N(C)S(=O)(=O)c1cc(C(N)=S)ccc1Cl. The molecule has 0 saturated carbocycles. The van der Waals surface area contributed by atoms with Gasteiger partial charge in [0.15, 0.2) is 0 Å². The van der Waals surface area contributed by atoms with Crippen LogP contribution in [0.25, 0.3) is 0 Å². The van der Waals surface area contributed by atoms with Gasteiger partial charge in [-0.25, -0.2) is 8.42 Å². The number of halogens is 1. The van der Waals surface area contributed by atoms with Crippen molar-refractivity contribution < 1.29 is 13.5 Å². The summed E-state index contributed by atoms with van der Waals surface area (Å²) in [5.74, 6) is 0. The Bertz CT molecular complexity index is 590. The van der Waals surface area contributed by atoms with E-state index < -0.39 is 16.1 Å². The van der Waals surface area contributed by atoms with E-state index in [1.807, 2.05) is 0 Å². The zero-order valence-corrected chi connectivity index (χ0v) is 12.9. The molecule has 3 N–H and O–H groups in total. The zero-order chi connectivity index (χ0) is 14.8. The minimum absolute atomic E-state index is 0.0805. The van der Waals surface area contributed by atoms with Gasteiger partial charge in [-0.15, -0.1) is 0 Å². The van der Waals surface area contributed by atoms with Crippen LogP contribution in [0.4, 0.5) is 0 Å². The Morgan fingerprint density at radius 1 is 1.58 bits per heavy atom. The summed E-state index contributed by atoms with van der Waals surface area (Å²) in [7, 11) is -2.44. The molecule has 0 fully saturated rings. The molecule has 19 heavy (non-hydrogen) atoms. The van der Waals surface area contributed by atoms with Crippen LogP contribution in [0.3, 0.4) is 0 Å². The summed E-state index contributed by atoms with van der Waals surface area (Å²) in [6.07, 6.45) is 0. The highest BCUT2D eigenvalue weighted by Crippen LogP contribution is 2.26. The Morgan fingerprint density at radius 3 is 2.63 bits per heavy atom. The number of aliphatic hydroxyl groups excluding tert-OH is 1. The zero-order valence-electron chi connectivity index (χ0n) is 10.5. The predicted octanol–water partition coefficient (Wildman–Crippen LogP) is 0.976. The number of thiocarbonyl (C=S) groups is 1. The summed E-state index contributed by atoms with van der Waals surface area (Å²) >= 11 is 10.7. The van der Waals surface area contributed by atoms with Crippen molar-refractivity contribution in [2.45, 2.75) is 17.9 Å². The van der Waals surface area contributed by atoms with Gasteiger partial charge in [-0.05, 0) is 19.1 Å². The van der Waals surface area contributed by atoms with Crippen LogP contribution in [-0.4, -0.2) is 42.5 Å². The Morgan fingerprint density at radius 2 is 2.16 bits per heavy atom. The minimum atomic E-state index is -3.81. The van der Waals surface area contributed by atoms with E-state index in [0.717, 1.165) is 4.31 Å². The first-order valence-electron chi connectivity index (χ1n) is 5.40. The average molecular weight is 323 g/mol. The van der Waals surface area contributed by atoms with Gasteiger partial charge in [0.2, 0.25) is 10.0 Å². The number of likely N-dealkylation sites (N-methyl/N-ethyl adjacent to an activating group) is 1. The van der Waals surface area contributed by atoms with Crippen LogP contribution in [0.5, 0.6) is 0 Å². The van der Waals surface area contributed by atoms with E-state index in [9.17, 15) is 8.42 Å². The summed E-state index contributed by atoms with van der Waals surface area (Å²) in [4.78, 5) is 0.00763. The van der Waals surface area contributed by atoms with E-state index >= 15 is 0 Å². The van der Waals surface area contributed by atoms with E-state index in [1.165, 1.54) is 19.2 Å². The Kier molecular flexibility index (Phi) is 5.28. The summed E-state index contributed by atoms with van der Waals surface area (Å²) in [5.41, 5.74) is 5.90. The van der Waals surface area contributed by atoms with Crippen LogP contribution < -0.4 is 5.73 Å². The minimum Gasteiger partial charge on any atom is -0.395 e. The highest BCUT2D eigenvalue weighted by Gasteiger charge is 2.27. The molecule has 8 heteroatoms. The molecule has 0 spiro atoms. The van der Waals surface area contributed by atoms with Gasteiger partial charge in [-0.2, -0.15) is 4.31 Å². The van der Waals surface area contributed by atoms with Gasteiger partial charge in [0, 0.05) is 18.7 Å². The summed E-state index contributed by atoms with van der Waals surface area (Å²) in [6.45, 7) is 1.30. The maximum absolute atomic E-state index is 12.4. The number of benzene rings is 1. The largest absolute Gasteiger partial charge is 0.395 e. The van der Waals surface area contributed by atoms with Gasteiger partial charge >= 0.3 is 0 Å². The highest BCUT2D eigenvalue weighted by molar-refractivity contribution is 7.89. The van der Waals surface area contributed by atoms with Crippen molar-refractivity contribution in [3.05, 3.63) is 28.8 Å². The standard InChI is InChI=1S/C11H15ClN2O3S2/c1-7(6-15)14(2)19(16,17)10-5-8(11(13)18)3-4-9(10)12/h3-5,7,15H,6H2,1-2H3,(H2,13,18). The first kappa shape index (κ1) is 16.3. The molecule has 1 unspecified atom stereocenters. The van der Waals surface area contributed by atoms with Crippen LogP contribution in [-0.2, 0) is 10.0 Å². The smallest absolute Gasteiger partial charge is 0.244 e. The molecule has 0 saturated heterocycles. The van der Waals surface area contributed by atoms with E-state index in [0.29, 0.717) is 5.56 Å². The van der Waals surface area contributed by atoms with Gasteiger partial charge in [-0.3, -0.25) is 0 Å². The molecule has 0 aliphatic carbocycles. The van der Waals surface area contributed by atoms with Crippen molar-refractivity contribution in [2.75, 3.05) is 13.7 Å². The fraction of sp³-hybridized carbons (Fsp3) is 0.364. The van der Waals surface area contributed by atoms with Gasteiger partial charge in [-0.1, -0.05) is 29.9 Å². The molecule has 1 rings (SSSR count). The van der Waals surface area contributed by atoms with E-state index in [4.69, 9.17) is 34.7 Å². The molecule has 0 aliphatic rings. The third kappa shape index (κ3) is 3.43. The van der Waals surface area contributed by atoms with Crippen LogP contribution in [0.15, 0.2) is 23.1 Å². The predicted molar refractivity (Wildman–Crippen MR) is 78.8 cm³/mol. The molecular weight excluding hydrogens is 308 g/mol. The van der Waals surface area contributed by atoms with Crippen LogP contribution in [0.2, 0.25) is 5.02 Å². The molecule has 0 aliphatic heterocycles. The molecule has 1 atom stereocenters. The number of hydrogen-bond donors (Lipinski definition) is 2. The fourth-order valence-corrected chi connectivity index (χ4v) is 3.34. The molecule has 0 radical (unpaired) electrons.